The third-order valence-corrected chi connectivity index (χ3v) is 5.38. The average molecular weight is 431 g/mol. The van der Waals surface area contributed by atoms with Crippen LogP contribution in [0.2, 0.25) is 0 Å². The fraction of sp³-hybridized carbons (Fsp3) is 0.417. The van der Waals surface area contributed by atoms with Crippen LogP contribution in [-0.4, -0.2) is 38.4 Å². The molecule has 0 fully saturated rings. The van der Waals surface area contributed by atoms with Gasteiger partial charge in [0.25, 0.3) is 0 Å². The van der Waals surface area contributed by atoms with Crippen LogP contribution in [0.25, 0.3) is 0 Å². The lowest BCUT2D eigenvalue weighted by atomic mass is 9.96. The molecule has 0 radical (unpaired) electrons. The number of nitrogens with zero attached hydrogens (tertiary/aromatic N) is 1. The summed E-state index contributed by atoms with van der Waals surface area (Å²) >= 11 is 0. The van der Waals surface area contributed by atoms with Gasteiger partial charge in [-0.05, 0) is 68.1 Å². The summed E-state index contributed by atoms with van der Waals surface area (Å²) in [4.78, 5) is 25.9. The van der Waals surface area contributed by atoms with Crippen LogP contribution in [0.15, 0.2) is 42.5 Å². The van der Waals surface area contributed by atoms with Crippen LogP contribution in [0.3, 0.4) is 0 Å². The minimum absolute atomic E-state index is 0. The highest BCUT2D eigenvalue weighted by Gasteiger charge is 2.21. The largest absolute Gasteiger partial charge is 0.492 e. The molecule has 30 heavy (non-hydrogen) atoms. The molecule has 0 aliphatic carbocycles. The molecule has 0 unspecified atom stereocenters. The van der Waals surface area contributed by atoms with Crippen molar-refractivity contribution < 1.29 is 14.3 Å². The Morgan fingerprint density at radius 1 is 1.10 bits per heavy atom. The minimum atomic E-state index is 0. The fourth-order valence-corrected chi connectivity index (χ4v) is 3.59. The number of Topliss-reactive ketones (excluding diaryl/α,β-unsaturated/α-hetero) is 1. The summed E-state index contributed by atoms with van der Waals surface area (Å²) in [6.45, 7) is 4.34. The van der Waals surface area contributed by atoms with Gasteiger partial charge in [-0.25, -0.2) is 0 Å². The lowest BCUT2D eigenvalue weighted by molar-refractivity contribution is -0.118. The van der Waals surface area contributed by atoms with Crippen molar-refractivity contribution in [2.24, 2.45) is 0 Å². The summed E-state index contributed by atoms with van der Waals surface area (Å²) in [5, 5.41) is 3.36. The quantitative estimate of drug-likeness (QED) is 0.449. The van der Waals surface area contributed by atoms with Gasteiger partial charge in [0, 0.05) is 37.7 Å². The van der Waals surface area contributed by atoms with E-state index in [9.17, 15) is 9.59 Å². The number of ketones is 1. The molecule has 0 aromatic heterocycles. The Balaban J connectivity index is 0.00000320. The Labute approximate surface area is 185 Å². The number of ether oxygens (including phenoxy) is 1. The number of aryl methyl sites for hydroxylation is 2. The van der Waals surface area contributed by atoms with E-state index in [0.29, 0.717) is 25.9 Å². The van der Waals surface area contributed by atoms with E-state index < -0.39 is 0 Å². The van der Waals surface area contributed by atoms with Crippen LogP contribution in [0.4, 0.5) is 5.69 Å². The van der Waals surface area contributed by atoms with E-state index in [1.54, 1.807) is 11.9 Å². The number of halogens is 1. The van der Waals surface area contributed by atoms with Gasteiger partial charge >= 0.3 is 0 Å². The van der Waals surface area contributed by atoms with Gasteiger partial charge in [-0.2, -0.15) is 0 Å². The van der Waals surface area contributed by atoms with Crippen LogP contribution in [0.5, 0.6) is 5.75 Å². The molecule has 0 spiro atoms. The van der Waals surface area contributed by atoms with E-state index in [4.69, 9.17) is 4.74 Å². The first-order valence-electron chi connectivity index (χ1n) is 10.4. The van der Waals surface area contributed by atoms with Crippen LogP contribution in [0, 0.1) is 6.92 Å². The van der Waals surface area contributed by atoms with E-state index in [2.05, 4.69) is 5.32 Å². The molecule has 0 saturated carbocycles. The minimum Gasteiger partial charge on any atom is -0.492 e. The standard InChI is InChI=1S/C24H30N2O3.ClH/c1-18-7-3-4-9-23(18)29-16-15-25-14-6-5-8-22(27)20-10-12-21-19(17-20)11-13-24(28)26(21)2;/h3-4,7,9-10,12,17,25H,5-6,8,11,13-16H2,1-2H3;1H. The number of unbranched alkanes of at least 4 members (excludes halogenated alkanes) is 1. The zero-order valence-electron chi connectivity index (χ0n) is 17.8. The topological polar surface area (TPSA) is 58.6 Å². The van der Waals surface area contributed by atoms with Gasteiger partial charge in [0.2, 0.25) is 5.91 Å². The van der Waals surface area contributed by atoms with E-state index in [1.165, 1.54) is 0 Å². The van der Waals surface area contributed by atoms with Crippen molar-refractivity contribution in [1.29, 1.82) is 0 Å². The Morgan fingerprint density at radius 2 is 1.90 bits per heavy atom. The lowest BCUT2D eigenvalue weighted by Gasteiger charge is -2.26. The molecule has 1 heterocycles. The number of hydrogen-bond donors (Lipinski definition) is 1. The Hall–Kier alpha value is -2.37. The number of carbonyl (C=O) groups excluding carboxylic acids is 2. The summed E-state index contributed by atoms with van der Waals surface area (Å²) in [5.41, 5.74) is 3.92. The van der Waals surface area contributed by atoms with Gasteiger partial charge in [-0.3, -0.25) is 9.59 Å². The predicted octanol–water partition coefficient (Wildman–Crippen LogP) is 4.35. The predicted molar refractivity (Wildman–Crippen MR) is 123 cm³/mol. The molecule has 5 nitrogen and oxygen atoms in total. The molecule has 1 aliphatic heterocycles. The second-order valence-electron chi connectivity index (χ2n) is 7.54. The first-order valence-corrected chi connectivity index (χ1v) is 10.4. The van der Waals surface area contributed by atoms with Gasteiger partial charge in [-0.1, -0.05) is 18.2 Å². The van der Waals surface area contributed by atoms with Crippen molar-refractivity contribution in [3.63, 3.8) is 0 Å². The highest BCUT2D eigenvalue weighted by molar-refractivity contribution is 5.99. The highest BCUT2D eigenvalue weighted by atomic mass is 35.5. The number of fused-ring (bicyclic) bond motifs is 1. The SMILES string of the molecule is Cc1ccccc1OCCNCCCCC(=O)c1ccc2c(c1)CCC(=O)N2C.Cl. The van der Waals surface area contributed by atoms with E-state index in [-0.39, 0.29) is 24.1 Å². The van der Waals surface area contributed by atoms with Gasteiger partial charge in [0.1, 0.15) is 12.4 Å². The number of carbonyl (C=O) groups is 2. The molecule has 3 rings (SSSR count). The monoisotopic (exact) mass is 430 g/mol. The van der Waals surface area contributed by atoms with Crippen LogP contribution in [-0.2, 0) is 11.2 Å². The Morgan fingerprint density at radius 3 is 2.70 bits per heavy atom. The van der Waals surface area contributed by atoms with Crippen molar-refractivity contribution in [3.05, 3.63) is 59.2 Å². The van der Waals surface area contributed by atoms with Gasteiger partial charge in [-0.15, -0.1) is 12.4 Å². The Bertz CT molecular complexity index is 869. The number of para-hydroxylation sites is 1. The highest BCUT2D eigenvalue weighted by Crippen LogP contribution is 2.28. The number of hydrogen-bond acceptors (Lipinski definition) is 4. The number of anilines is 1. The maximum Gasteiger partial charge on any atom is 0.227 e. The lowest BCUT2D eigenvalue weighted by Crippen LogP contribution is -2.31. The average Bonchev–Trinajstić information content (AvgIpc) is 2.73. The summed E-state index contributed by atoms with van der Waals surface area (Å²) < 4.78 is 5.76. The molecule has 0 atom stereocenters. The number of rotatable bonds is 10. The normalized spacial score (nSPS) is 12.9. The van der Waals surface area contributed by atoms with Crippen molar-refractivity contribution in [1.82, 2.24) is 5.32 Å². The second kappa shape index (κ2) is 11.7. The summed E-state index contributed by atoms with van der Waals surface area (Å²) in [7, 11) is 1.79. The molecule has 6 heteroatoms. The van der Waals surface area contributed by atoms with Gasteiger partial charge in [0.05, 0.1) is 0 Å². The van der Waals surface area contributed by atoms with Gasteiger partial charge < -0.3 is 15.0 Å². The first-order chi connectivity index (χ1) is 14.1. The van der Waals surface area contributed by atoms with E-state index >= 15 is 0 Å². The Kier molecular flexibility index (Phi) is 9.34. The molecule has 162 valence electrons. The molecule has 1 aliphatic rings. The fourth-order valence-electron chi connectivity index (χ4n) is 3.59. The molecule has 1 amide bonds. The zero-order chi connectivity index (χ0) is 20.6. The molecule has 2 aromatic carbocycles. The second-order valence-corrected chi connectivity index (χ2v) is 7.54. The van der Waals surface area contributed by atoms with Crippen molar-refractivity contribution in [2.75, 3.05) is 31.6 Å². The molecule has 0 bridgehead atoms. The summed E-state index contributed by atoms with van der Waals surface area (Å²) in [5.74, 6) is 1.24. The molecule has 2 aromatic rings. The first kappa shape index (κ1) is 23.9. The zero-order valence-corrected chi connectivity index (χ0v) is 18.6. The number of benzene rings is 2. The third kappa shape index (κ3) is 6.31. The maximum atomic E-state index is 12.5. The van der Waals surface area contributed by atoms with Crippen LogP contribution < -0.4 is 15.0 Å². The van der Waals surface area contributed by atoms with Gasteiger partial charge in [0.15, 0.2) is 5.78 Å². The molecule has 0 saturated heterocycles. The summed E-state index contributed by atoms with van der Waals surface area (Å²) in [6.07, 6.45) is 3.60. The number of nitrogens with one attached hydrogen (secondary N) is 1. The third-order valence-electron chi connectivity index (χ3n) is 5.38. The smallest absolute Gasteiger partial charge is 0.227 e. The van der Waals surface area contributed by atoms with Crippen LogP contribution >= 0.6 is 12.4 Å². The molecular weight excluding hydrogens is 400 g/mol. The number of amides is 1. The molecule has 1 N–H and O–H groups in total. The van der Waals surface area contributed by atoms with E-state index in [0.717, 1.165) is 54.1 Å². The van der Waals surface area contributed by atoms with Crippen molar-refractivity contribution >= 4 is 29.8 Å². The summed E-state index contributed by atoms with van der Waals surface area (Å²) in [6, 6.07) is 13.7. The van der Waals surface area contributed by atoms with Crippen molar-refractivity contribution in [2.45, 2.75) is 39.0 Å². The maximum absolute atomic E-state index is 12.5. The van der Waals surface area contributed by atoms with E-state index in [1.807, 2.05) is 49.4 Å². The van der Waals surface area contributed by atoms with Crippen LogP contribution in [0.1, 0.15) is 47.2 Å². The van der Waals surface area contributed by atoms with Crippen molar-refractivity contribution in [3.8, 4) is 5.75 Å². The molecular formula is C24H31ClN2O3.